The molecule has 0 aliphatic carbocycles. The molecular formula is C72H140CrO8P2. The van der Waals surface area contributed by atoms with Gasteiger partial charge in [-0.15, -0.1) is 0 Å². The Morgan fingerprint density at radius 2 is 0.337 bits per heavy atom. The van der Waals surface area contributed by atoms with Gasteiger partial charge in [-0.2, -0.15) is 0 Å². The van der Waals surface area contributed by atoms with Gasteiger partial charge in [0.1, 0.15) is 0 Å². The van der Waals surface area contributed by atoms with Gasteiger partial charge in [-0.25, -0.2) is 0 Å². The average Bonchev–Trinajstić information content (AvgIpc) is 3.46. The molecule has 0 aliphatic rings. The van der Waals surface area contributed by atoms with E-state index in [0.29, 0.717) is 0 Å². The van der Waals surface area contributed by atoms with Crippen LogP contribution in [0.3, 0.4) is 0 Å². The third-order valence-corrected chi connectivity index (χ3v) is 17.6. The molecule has 0 aromatic carbocycles. The van der Waals surface area contributed by atoms with E-state index >= 15 is 0 Å². The van der Waals surface area contributed by atoms with Crippen molar-refractivity contribution in [2.75, 3.05) is 26.4 Å². The van der Waals surface area contributed by atoms with Crippen LogP contribution in [0.2, 0.25) is 0 Å². The molecule has 0 amide bonds. The normalized spacial score (nSPS) is 12.2. The first-order valence-corrected chi connectivity index (χ1v) is 39.0. The van der Waals surface area contributed by atoms with Gasteiger partial charge in [0.15, 0.2) is 0 Å². The van der Waals surface area contributed by atoms with Crippen LogP contribution in [0.15, 0.2) is 48.6 Å². The first kappa shape index (κ1) is 86.9. The molecule has 11 heteroatoms. The van der Waals surface area contributed by atoms with Crippen LogP contribution in [0.4, 0.5) is 0 Å². The van der Waals surface area contributed by atoms with Crippen LogP contribution in [0.25, 0.3) is 0 Å². The standard InChI is InChI=1S/2C36H71O4P.Cr/c2*1-3-5-7-9-11-13-15-17-19-21-23-25-27-29-31-33-35-39-41(37,38)40-36-34-32-30-28-26-24-22-20-18-16-14-12-10-8-6-4-2;/h2*17-20H,3-16,21-36H2,1-2H3,(H,37,38);/q;;+2/p-2/b2*19-17-,20-18-;. The van der Waals surface area contributed by atoms with Crippen LogP contribution >= 0.6 is 15.6 Å². The number of phosphoric ester groups is 2. The number of allylic oxidation sites excluding steroid dienone is 8. The Balaban J connectivity index is -0.00000152. The minimum absolute atomic E-state index is 0. The Kier molecular flexibility index (Phi) is 79.5. The fourth-order valence-corrected chi connectivity index (χ4v) is 11.7. The molecule has 8 nitrogen and oxygen atoms in total. The van der Waals surface area contributed by atoms with Crippen molar-refractivity contribution in [1.29, 1.82) is 0 Å². The Morgan fingerprint density at radius 3 is 0.482 bits per heavy atom. The van der Waals surface area contributed by atoms with E-state index in [1.807, 2.05) is 0 Å². The fourth-order valence-electron chi connectivity index (χ4n) is 10.2. The minimum atomic E-state index is -4.14. The van der Waals surface area contributed by atoms with Crippen molar-refractivity contribution >= 4 is 15.6 Å². The van der Waals surface area contributed by atoms with Crippen LogP contribution in [0.5, 0.6) is 0 Å². The summed E-state index contributed by atoms with van der Waals surface area (Å²) in [5, 5.41) is 0. The zero-order valence-corrected chi connectivity index (χ0v) is 58.7. The summed E-state index contributed by atoms with van der Waals surface area (Å²) in [6.07, 6.45) is 88.0. The molecule has 0 aromatic rings. The van der Waals surface area contributed by atoms with E-state index in [1.165, 1.54) is 283 Å². The third kappa shape index (κ3) is 81.7. The van der Waals surface area contributed by atoms with E-state index in [-0.39, 0.29) is 43.8 Å². The van der Waals surface area contributed by atoms with Gasteiger partial charge in [-0.1, -0.05) is 307 Å². The molecule has 0 radical (unpaired) electrons. The monoisotopic (exact) mass is 1250 g/mol. The summed E-state index contributed by atoms with van der Waals surface area (Å²) >= 11 is 0. The molecule has 492 valence electrons. The number of unbranched alkanes of at least 4 members (excludes halogenated alkanes) is 48. The zero-order valence-electron chi connectivity index (χ0n) is 55.6. The molecule has 0 N–H and O–H groups in total. The summed E-state index contributed by atoms with van der Waals surface area (Å²) in [5.41, 5.74) is 0. The molecule has 0 bridgehead atoms. The van der Waals surface area contributed by atoms with Crippen molar-refractivity contribution < 1.29 is 54.4 Å². The molecule has 0 atom stereocenters. The molecule has 0 saturated heterocycles. The second-order valence-corrected chi connectivity index (χ2v) is 26.8. The molecule has 0 unspecified atom stereocenters. The van der Waals surface area contributed by atoms with Gasteiger partial charge < -0.3 is 27.9 Å². The third-order valence-electron chi connectivity index (χ3n) is 15.6. The molecule has 83 heavy (non-hydrogen) atoms. The van der Waals surface area contributed by atoms with E-state index in [2.05, 4.69) is 76.3 Å². The summed E-state index contributed by atoms with van der Waals surface area (Å²) in [5.74, 6) is 0. The Hall–Kier alpha value is -0.288. The van der Waals surface area contributed by atoms with Crippen LogP contribution < -0.4 is 9.79 Å². The van der Waals surface area contributed by atoms with Gasteiger partial charge in [0.25, 0.3) is 15.6 Å². The molecular weight excluding hydrogens is 1110 g/mol. The molecule has 0 saturated carbocycles. The SMILES string of the molecule is CCCCCCCC/C=C\CCCCCCCCOP(=O)([O-])OCCCCCCCC/C=C\CCCCCCCC.CCCCCCCC/C=C\CCCCCCCCOP(=O)([O-])OCCCCCCCC/C=C\CCCCCCCC.[Cr+2]. The Morgan fingerprint density at radius 1 is 0.217 bits per heavy atom. The van der Waals surface area contributed by atoms with Crippen LogP contribution in [-0.4, -0.2) is 26.4 Å². The summed E-state index contributed by atoms with van der Waals surface area (Å²) in [6.45, 7) is 10.0. The van der Waals surface area contributed by atoms with Crippen LogP contribution in [0, 0.1) is 0 Å². The summed E-state index contributed by atoms with van der Waals surface area (Å²) in [7, 11) is -8.27. The quantitative estimate of drug-likeness (QED) is 0.0336. The number of phosphoric acid groups is 2. The van der Waals surface area contributed by atoms with Crippen molar-refractivity contribution in [3.8, 4) is 0 Å². The predicted octanol–water partition coefficient (Wildman–Crippen LogP) is 25.1. The van der Waals surface area contributed by atoms with Crippen LogP contribution in [0.1, 0.15) is 387 Å². The number of rotatable bonds is 68. The molecule has 0 spiro atoms. The smallest absolute Gasteiger partial charge is 0.756 e. The molecule has 0 aromatic heterocycles. The van der Waals surface area contributed by atoms with Gasteiger partial charge in [0, 0.05) is 0 Å². The maximum atomic E-state index is 11.9. The van der Waals surface area contributed by atoms with E-state index < -0.39 is 15.6 Å². The summed E-state index contributed by atoms with van der Waals surface area (Å²) < 4.78 is 44.0. The Bertz CT molecular complexity index is 1220. The maximum absolute atomic E-state index is 11.9. The Labute approximate surface area is 529 Å². The molecule has 0 rings (SSSR count). The van der Waals surface area contributed by atoms with Crippen molar-refractivity contribution in [2.24, 2.45) is 0 Å². The number of hydrogen-bond donors (Lipinski definition) is 0. The van der Waals surface area contributed by atoms with Crippen molar-refractivity contribution in [1.82, 2.24) is 0 Å². The van der Waals surface area contributed by atoms with Gasteiger partial charge >= 0.3 is 17.4 Å². The first-order valence-electron chi connectivity index (χ1n) is 36.0. The first-order chi connectivity index (χ1) is 40.2. The molecule has 0 heterocycles. The van der Waals surface area contributed by atoms with E-state index in [4.69, 9.17) is 18.1 Å². The zero-order chi connectivity index (χ0) is 59.9. The van der Waals surface area contributed by atoms with Crippen molar-refractivity contribution in [3.63, 3.8) is 0 Å². The largest absolute Gasteiger partial charge is 2.00 e. The second kappa shape index (κ2) is 76.0. The fraction of sp³-hybridized carbons (Fsp3) is 0.889. The van der Waals surface area contributed by atoms with Gasteiger partial charge in [0.05, 0.1) is 26.4 Å². The van der Waals surface area contributed by atoms with Crippen molar-refractivity contribution in [2.45, 2.75) is 387 Å². The second-order valence-electron chi connectivity index (χ2n) is 24.0. The predicted molar refractivity (Wildman–Crippen MR) is 357 cm³/mol. The summed E-state index contributed by atoms with van der Waals surface area (Å²) in [6, 6.07) is 0. The van der Waals surface area contributed by atoms with E-state index in [9.17, 15) is 18.9 Å². The molecule has 0 fully saturated rings. The number of hydrogen-bond acceptors (Lipinski definition) is 8. The molecule has 0 aliphatic heterocycles. The summed E-state index contributed by atoms with van der Waals surface area (Å²) in [4.78, 5) is 23.8. The van der Waals surface area contributed by atoms with E-state index in [0.717, 1.165) is 77.0 Å². The minimum Gasteiger partial charge on any atom is -0.756 e. The van der Waals surface area contributed by atoms with Gasteiger partial charge in [0.2, 0.25) is 0 Å². The van der Waals surface area contributed by atoms with Crippen molar-refractivity contribution in [3.05, 3.63) is 48.6 Å². The van der Waals surface area contributed by atoms with Crippen LogP contribution in [-0.2, 0) is 44.6 Å². The van der Waals surface area contributed by atoms with Gasteiger partial charge in [-0.05, 0) is 128 Å². The average molecular weight is 1250 g/mol. The van der Waals surface area contributed by atoms with E-state index in [1.54, 1.807) is 0 Å². The van der Waals surface area contributed by atoms with Gasteiger partial charge in [-0.3, -0.25) is 9.13 Å². The maximum Gasteiger partial charge on any atom is 2.00 e. The topological polar surface area (TPSA) is 117 Å².